The van der Waals surface area contributed by atoms with Crippen molar-refractivity contribution in [3.8, 4) is 0 Å². The summed E-state index contributed by atoms with van der Waals surface area (Å²) >= 11 is 0. The van der Waals surface area contributed by atoms with Crippen LogP contribution in [0.15, 0.2) is 24.3 Å². The molecular weight excluding hydrogens is 293 g/mol. The molecular formula is C16H21F3N2O. The number of carbonyl (C=O) groups excluding carboxylic acids is 1. The van der Waals surface area contributed by atoms with Gasteiger partial charge in [-0.3, -0.25) is 4.79 Å². The molecule has 1 saturated heterocycles. The summed E-state index contributed by atoms with van der Waals surface area (Å²) in [6.45, 7) is 3.92. The van der Waals surface area contributed by atoms with Gasteiger partial charge in [0.05, 0.1) is 5.56 Å². The highest BCUT2D eigenvalue weighted by Crippen LogP contribution is 2.29. The van der Waals surface area contributed by atoms with Gasteiger partial charge in [-0.15, -0.1) is 0 Å². The van der Waals surface area contributed by atoms with Crippen LogP contribution in [-0.2, 0) is 6.18 Å². The van der Waals surface area contributed by atoms with Gasteiger partial charge >= 0.3 is 6.18 Å². The Morgan fingerprint density at radius 2 is 1.86 bits per heavy atom. The van der Waals surface area contributed by atoms with E-state index in [0.29, 0.717) is 11.5 Å². The smallest absolute Gasteiger partial charge is 0.338 e. The number of alkyl halides is 3. The van der Waals surface area contributed by atoms with Crippen molar-refractivity contribution in [2.24, 2.45) is 5.92 Å². The van der Waals surface area contributed by atoms with Crippen LogP contribution >= 0.6 is 0 Å². The number of nitrogens with zero attached hydrogens (tertiary/aromatic N) is 2. The van der Waals surface area contributed by atoms with Crippen molar-refractivity contribution in [1.82, 2.24) is 9.80 Å². The third kappa shape index (κ3) is 3.61. The van der Waals surface area contributed by atoms with E-state index in [9.17, 15) is 18.0 Å². The number of hydrogen-bond donors (Lipinski definition) is 0. The van der Waals surface area contributed by atoms with Gasteiger partial charge in [0.1, 0.15) is 0 Å². The van der Waals surface area contributed by atoms with Crippen molar-refractivity contribution in [3.63, 3.8) is 0 Å². The monoisotopic (exact) mass is 314 g/mol. The fraction of sp³-hybridized carbons (Fsp3) is 0.562. The largest absolute Gasteiger partial charge is 0.416 e. The molecule has 122 valence electrons. The summed E-state index contributed by atoms with van der Waals surface area (Å²) in [4.78, 5) is 16.3. The minimum Gasteiger partial charge on any atom is -0.338 e. The lowest BCUT2D eigenvalue weighted by molar-refractivity contribution is -0.137. The lowest BCUT2D eigenvalue weighted by atomic mass is 9.92. The molecule has 1 aliphatic rings. The number of amides is 1. The Bertz CT molecular complexity index is 527. The topological polar surface area (TPSA) is 23.6 Å². The van der Waals surface area contributed by atoms with Crippen LogP contribution in [0.4, 0.5) is 13.2 Å². The number of piperidine rings is 1. The van der Waals surface area contributed by atoms with E-state index in [1.165, 1.54) is 12.1 Å². The molecule has 1 heterocycles. The molecule has 3 nitrogen and oxygen atoms in total. The lowest BCUT2D eigenvalue weighted by Gasteiger charge is -2.40. The maximum absolute atomic E-state index is 12.6. The summed E-state index contributed by atoms with van der Waals surface area (Å²) in [5, 5.41) is 0. The summed E-state index contributed by atoms with van der Waals surface area (Å²) in [6, 6.07) is 4.53. The standard InChI is InChI=1S/C16H21F3N2O/c1-11-10-20(2)9-8-14(11)21(3)15(22)12-4-6-13(7-5-12)16(17,18)19/h4-7,11,14H,8-10H2,1-3H3/t11-,14+/m1/s1. The Labute approximate surface area is 128 Å². The number of benzene rings is 1. The van der Waals surface area contributed by atoms with Crippen molar-refractivity contribution in [2.45, 2.75) is 25.6 Å². The summed E-state index contributed by atoms with van der Waals surface area (Å²) < 4.78 is 37.7. The van der Waals surface area contributed by atoms with Gasteiger partial charge in [0, 0.05) is 25.2 Å². The maximum Gasteiger partial charge on any atom is 0.416 e. The van der Waals surface area contributed by atoms with Gasteiger partial charge < -0.3 is 9.80 Å². The first-order valence-electron chi connectivity index (χ1n) is 7.33. The van der Waals surface area contributed by atoms with Crippen LogP contribution in [-0.4, -0.2) is 48.9 Å². The minimum absolute atomic E-state index is 0.117. The fourth-order valence-corrected chi connectivity index (χ4v) is 3.07. The third-order valence-electron chi connectivity index (χ3n) is 4.34. The number of hydrogen-bond acceptors (Lipinski definition) is 2. The molecule has 0 spiro atoms. The van der Waals surface area contributed by atoms with Gasteiger partial charge in [0.15, 0.2) is 0 Å². The predicted octanol–water partition coefficient (Wildman–Crippen LogP) is 3.12. The molecule has 0 saturated carbocycles. The number of likely N-dealkylation sites (tertiary alicyclic amines) is 1. The average Bonchev–Trinajstić information content (AvgIpc) is 2.45. The number of rotatable bonds is 2. The quantitative estimate of drug-likeness (QED) is 0.837. The Morgan fingerprint density at radius 3 is 2.36 bits per heavy atom. The second-order valence-electron chi connectivity index (χ2n) is 6.09. The van der Waals surface area contributed by atoms with Gasteiger partial charge in [-0.25, -0.2) is 0 Å². The van der Waals surface area contributed by atoms with E-state index in [-0.39, 0.29) is 11.9 Å². The molecule has 1 aliphatic heterocycles. The van der Waals surface area contributed by atoms with E-state index in [2.05, 4.69) is 11.8 Å². The molecule has 1 aromatic carbocycles. The van der Waals surface area contributed by atoms with Gasteiger partial charge in [-0.2, -0.15) is 13.2 Å². The van der Waals surface area contributed by atoms with Gasteiger partial charge in [0.25, 0.3) is 5.91 Å². The molecule has 0 unspecified atom stereocenters. The number of halogens is 3. The maximum atomic E-state index is 12.6. The first kappa shape index (κ1) is 16.8. The Hall–Kier alpha value is -1.56. The number of carbonyl (C=O) groups is 1. The highest BCUT2D eigenvalue weighted by Gasteiger charge is 2.32. The van der Waals surface area contributed by atoms with E-state index in [4.69, 9.17) is 0 Å². The van der Waals surface area contributed by atoms with Crippen LogP contribution in [0, 0.1) is 5.92 Å². The first-order chi connectivity index (χ1) is 10.2. The fourth-order valence-electron chi connectivity index (χ4n) is 3.07. The molecule has 1 fully saturated rings. The summed E-state index contributed by atoms with van der Waals surface area (Å²) in [6.07, 6.45) is -3.50. The SMILES string of the molecule is C[C@@H]1CN(C)CC[C@@H]1N(C)C(=O)c1ccc(C(F)(F)F)cc1. The van der Waals surface area contributed by atoms with E-state index in [0.717, 1.165) is 31.6 Å². The average molecular weight is 314 g/mol. The van der Waals surface area contributed by atoms with Gasteiger partial charge in [0.2, 0.25) is 0 Å². The van der Waals surface area contributed by atoms with Gasteiger partial charge in [-0.05, 0) is 50.2 Å². The van der Waals surface area contributed by atoms with E-state index in [1.807, 2.05) is 7.05 Å². The molecule has 0 bridgehead atoms. The van der Waals surface area contributed by atoms with Gasteiger partial charge in [-0.1, -0.05) is 6.92 Å². The van der Waals surface area contributed by atoms with E-state index in [1.54, 1.807) is 11.9 Å². The van der Waals surface area contributed by atoms with Crippen molar-refractivity contribution >= 4 is 5.91 Å². The normalized spacial score (nSPS) is 23.4. The van der Waals surface area contributed by atoms with Crippen LogP contribution in [0.3, 0.4) is 0 Å². The van der Waals surface area contributed by atoms with E-state index >= 15 is 0 Å². The van der Waals surface area contributed by atoms with Crippen LogP contribution in [0.1, 0.15) is 29.3 Å². The van der Waals surface area contributed by atoms with Crippen molar-refractivity contribution in [1.29, 1.82) is 0 Å². The molecule has 1 amide bonds. The van der Waals surface area contributed by atoms with Crippen LogP contribution < -0.4 is 0 Å². The molecule has 22 heavy (non-hydrogen) atoms. The second kappa shape index (κ2) is 6.28. The first-order valence-corrected chi connectivity index (χ1v) is 7.33. The summed E-state index contributed by atoms with van der Waals surface area (Å²) in [5.41, 5.74) is -0.444. The summed E-state index contributed by atoms with van der Waals surface area (Å²) in [5.74, 6) is 0.109. The van der Waals surface area contributed by atoms with Crippen molar-refractivity contribution < 1.29 is 18.0 Å². The molecule has 1 aromatic rings. The molecule has 2 rings (SSSR count). The van der Waals surface area contributed by atoms with E-state index < -0.39 is 11.7 Å². The Morgan fingerprint density at radius 1 is 1.27 bits per heavy atom. The molecule has 0 aliphatic carbocycles. The second-order valence-corrected chi connectivity index (χ2v) is 6.09. The van der Waals surface area contributed by atoms with Crippen LogP contribution in [0.5, 0.6) is 0 Å². The molecule has 2 atom stereocenters. The molecule has 0 N–H and O–H groups in total. The summed E-state index contributed by atoms with van der Waals surface area (Å²) in [7, 11) is 3.77. The van der Waals surface area contributed by atoms with Crippen LogP contribution in [0.25, 0.3) is 0 Å². The third-order valence-corrected chi connectivity index (χ3v) is 4.34. The lowest BCUT2D eigenvalue weighted by Crippen LogP contribution is -2.49. The highest BCUT2D eigenvalue weighted by atomic mass is 19.4. The zero-order chi connectivity index (χ0) is 16.5. The molecule has 0 aromatic heterocycles. The minimum atomic E-state index is -4.38. The van der Waals surface area contributed by atoms with Crippen molar-refractivity contribution in [3.05, 3.63) is 35.4 Å². The van der Waals surface area contributed by atoms with Crippen LogP contribution in [0.2, 0.25) is 0 Å². The van der Waals surface area contributed by atoms with Crippen molar-refractivity contribution in [2.75, 3.05) is 27.2 Å². The zero-order valence-electron chi connectivity index (χ0n) is 13.0. The molecule has 6 heteroatoms. The predicted molar refractivity (Wildman–Crippen MR) is 78.6 cm³/mol. The molecule has 0 radical (unpaired) electrons. The zero-order valence-corrected chi connectivity index (χ0v) is 13.0. The Kier molecular flexibility index (Phi) is 4.80. The Balaban J connectivity index is 2.10. The highest BCUT2D eigenvalue weighted by molar-refractivity contribution is 5.94.